The van der Waals surface area contributed by atoms with Gasteiger partial charge in [-0.2, -0.15) is 0 Å². The summed E-state index contributed by atoms with van der Waals surface area (Å²) < 4.78 is 1.35. The number of benzene rings is 1. The van der Waals surface area contributed by atoms with Crippen molar-refractivity contribution in [2.45, 2.75) is 38.5 Å². The second kappa shape index (κ2) is 4.79. The van der Waals surface area contributed by atoms with Gasteiger partial charge in [0.05, 0.1) is 0 Å². The van der Waals surface area contributed by atoms with Crippen molar-refractivity contribution < 1.29 is 0 Å². The molecule has 1 aromatic rings. The summed E-state index contributed by atoms with van der Waals surface area (Å²) in [5.41, 5.74) is 2.10. The van der Waals surface area contributed by atoms with Crippen LogP contribution in [0.3, 0.4) is 0 Å². The summed E-state index contributed by atoms with van der Waals surface area (Å²) in [7, 11) is 0. The summed E-state index contributed by atoms with van der Waals surface area (Å²) in [6.45, 7) is 2.60. The molecule has 1 saturated carbocycles. The van der Waals surface area contributed by atoms with Crippen LogP contribution in [0.1, 0.15) is 38.5 Å². The maximum atomic E-state index is 2.56. The van der Waals surface area contributed by atoms with E-state index in [4.69, 9.17) is 0 Å². The van der Waals surface area contributed by atoms with Crippen LogP contribution in [-0.2, 0) is 0 Å². The van der Waals surface area contributed by atoms with E-state index in [1.807, 2.05) is 0 Å². The standard InChI is InChI=1S/C15H20IN/c16-13-6-5-7-14(10-13)17-11-15(12-17)8-3-1-2-4-9-15/h5-7,10H,1-4,8-9,11-12H2. The summed E-state index contributed by atoms with van der Waals surface area (Å²) in [6, 6.07) is 8.91. The van der Waals surface area contributed by atoms with Gasteiger partial charge in [0.15, 0.2) is 0 Å². The monoisotopic (exact) mass is 341 g/mol. The third-order valence-electron chi connectivity index (χ3n) is 4.39. The third kappa shape index (κ3) is 2.47. The van der Waals surface area contributed by atoms with Gasteiger partial charge in [-0.15, -0.1) is 0 Å². The van der Waals surface area contributed by atoms with Crippen molar-refractivity contribution in [2.24, 2.45) is 5.41 Å². The fourth-order valence-corrected chi connectivity index (χ4v) is 3.94. The van der Waals surface area contributed by atoms with E-state index in [0.717, 1.165) is 0 Å². The second-order valence-electron chi connectivity index (χ2n) is 5.75. The first-order valence-electron chi connectivity index (χ1n) is 6.78. The van der Waals surface area contributed by atoms with Crippen molar-refractivity contribution in [2.75, 3.05) is 18.0 Å². The first-order valence-corrected chi connectivity index (χ1v) is 7.86. The molecule has 0 aromatic heterocycles. The van der Waals surface area contributed by atoms with Gasteiger partial charge in [0.1, 0.15) is 0 Å². The molecule has 0 unspecified atom stereocenters. The zero-order valence-corrected chi connectivity index (χ0v) is 12.4. The van der Waals surface area contributed by atoms with Gasteiger partial charge in [-0.25, -0.2) is 0 Å². The Bertz CT molecular complexity index is 386. The third-order valence-corrected chi connectivity index (χ3v) is 5.06. The average Bonchev–Trinajstić information content (AvgIpc) is 2.52. The lowest BCUT2D eigenvalue weighted by molar-refractivity contribution is 0.180. The lowest BCUT2D eigenvalue weighted by atomic mass is 9.73. The van der Waals surface area contributed by atoms with Gasteiger partial charge in [-0.05, 0) is 53.6 Å². The van der Waals surface area contributed by atoms with E-state index in [9.17, 15) is 0 Å². The van der Waals surface area contributed by atoms with Gasteiger partial charge in [-0.3, -0.25) is 0 Å². The van der Waals surface area contributed by atoms with Gasteiger partial charge in [0, 0.05) is 27.8 Å². The van der Waals surface area contributed by atoms with Gasteiger partial charge in [-0.1, -0.05) is 31.7 Å². The Balaban J connectivity index is 1.67. The molecule has 1 aliphatic heterocycles. The van der Waals surface area contributed by atoms with Crippen LogP contribution in [0.15, 0.2) is 24.3 Å². The molecule has 1 heterocycles. The van der Waals surface area contributed by atoms with Gasteiger partial charge in [0.2, 0.25) is 0 Å². The molecule has 0 atom stereocenters. The zero-order chi connectivity index (χ0) is 11.7. The fourth-order valence-electron chi connectivity index (χ4n) is 3.41. The summed E-state index contributed by atoms with van der Waals surface area (Å²) in [4.78, 5) is 2.56. The minimum atomic E-state index is 0.678. The van der Waals surface area contributed by atoms with E-state index in [1.165, 1.54) is 60.9 Å². The molecule has 1 spiro atoms. The Morgan fingerprint density at radius 3 is 2.35 bits per heavy atom. The Hall–Kier alpha value is -0.250. The van der Waals surface area contributed by atoms with Crippen molar-refractivity contribution in [3.8, 4) is 0 Å². The fraction of sp³-hybridized carbons (Fsp3) is 0.600. The minimum absolute atomic E-state index is 0.678. The van der Waals surface area contributed by atoms with Crippen LogP contribution in [0.25, 0.3) is 0 Å². The van der Waals surface area contributed by atoms with Gasteiger partial charge < -0.3 is 4.90 Å². The minimum Gasteiger partial charge on any atom is -0.370 e. The lowest BCUT2D eigenvalue weighted by Crippen LogP contribution is -2.56. The highest BCUT2D eigenvalue weighted by Gasteiger charge is 2.42. The first kappa shape index (κ1) is 11.8. The smallest absolute Gasteiger partial charge is 0.0377 e. The van der Waals surface area contributed by atoms with E-state index in [1.54, 1.807) is 0 Å². The summed E-state index contributed by atoms with van der Waals surface area (Å²) in [5.74, 6) is 0. The van der Waals surface area contributed by atoms with Crippen LogP contribution in [0.5, 0.6) is 0 Å². The molecule has 0 radical (unpaired) electrons. The predicted octanol–water partition coefficient (Wildman–Crippen LogP) is 4.45. The quantitative estimate of drug-likeness (QED) is 0.682. The molecule has 0 bridgehead atoms. The van der Waals surface area contributed by atoms with Crippen molar-refractivity contribution in [3.63, 3.8) is 0 Å². The average molecular weight is 341 g/mol. The molecule has 17 heavy (non-hydrogen) atoms. The zero-order valence-electron chi connectivity index (χ0n) is 10.3. The number of anilines is 1. The molecule has 0 N–H and O–H groups in total. The summed E-state index contributed by atoms with van der Waals surface area (Å²) >= 11 is 2.40. The van der Waals surface area contributed by atoms with Crippen LogP contribution in [0.4, 0.5) is 5.69 Å². The number of nitrogens with zero attached hydrogens (tertiary/aromatic N) is 1. The van der Waals surface area contributed by atoms with E-state index in [-0.39, 0.29) is 0 Å². The molecule has 2 aliphatic rings. The first-order chi connectivity index (χ1) is 8.27. The SMILES string of the molecule is Ic1cccc(N2CC3(CCCCCC3)C2)c1. The molecule has 3 rings (SSSR count). The molecule has 1 aliphatic carbocycles. The molecule has 2 heteroatoms. The number of hydrogen-bond acceptors (Lipinski definition) is 1. The highest BCUT2D eigenvalue weighted by Crippen LogP contribution is 2.44. The van der Waals surface area contributed by atoms with Crippen molar-refractivity contribution in [3.05, 3.63) is 27.8 Å². The van der Waals surface area contributed by atoms with Crippen LogP contribution in [-0.4, -0.2) is 13.1 Å². The maximum Gasteiger partial charge on any atom is 0.0377 e. The van der Waals surface area contributed by atoms with Crippen LogP contribution in [0.2, 0.25) is 0 Å². The molecule has 2 fully saturated rings. The number of hydrogen-bond donors (Lipinski definition) is 0. The van der Waals surface area contributed by atoms with E-state index < -0.39 is 0 Å². The van der Waals surface area contributed by atoms with Crippen LogP contribution >= 0.6 is 22.6 Å². The normalized spacial score (nSPS) is 23.2. The molecule has 92 valence electrons. The van der Waals surface area contributed by atoms with Crippen molar-refractivity contribution in [1.82, 2.24) is 0 Å². The largest absolute Gasteiger partial charge is 0.370 e. The van der Waals surface area contributed by atoms with Crippen molar-refractivity contribution >= 4 is 28.3 Å². The lowest BCUT2D eigenvalue weighted by Gasteiger charge is -2.51. The highest BCUT2D eigenvalue weighted by atomic mass is 127. The molecular weight excluding hydrogens is 321 g/mol. The summed E-state index contributed by atoms with van der Waals surface area (Å²) in [6.07, 6.45) is 8.77. The highest BCUT2D eigenvalue weighted by molar-refractivity contribution is 14.1. The van der Waals surface area contributed by atoms with Crippen molar-refractivity contribution in [1.29, 1.82) is 0 Å². The van der Waals surface area contributed by atoms with Gasteiger partial charge in [0.25, 0.3) is 0 Å². The summed E-state index contributed by atoms with van der Waals surface area (Å²) in [5, 5.41) is 0. The Kier molecular flexibility index (Phi) is 3.33. The topological polar surface area (TPSA) is 3.24 Å². The molecule has 1 aromatic carbocycles. The van der Waals surface area contributed by atoms with Crippen LogP contribution in [0, 0.1) is 8.99 Å². The molecule has 1 saturated heterocycles. The second-order valence-corrected chi connectivity index (χ2v) is 7.00. The van der Waals surface area contributed by atoms with Crippen LogP contribution < -0.4 is 4.90 Å². The van der Waals surface area contributed by atoms with Gasteiger partial charge >= 0.3 is 0 Å². The Morgan fingerprint density at radius 2 is 1.71 bits per heavy atom. The maximum absolute atomic E-state index is 2.56. The Labute approximate surface area is 118 Å². The number of halogens is 1. The Morgan fingerprint density at radius 1 is 1.00 bits per heavy atom. The van der Waals surface area contributed by atoms with E-state index >= 15 is 0 Å². The molecule has 0 amide bonds. The molecular formula is C15H20IN. The predicted molar refractivity (Wildman–Crippen MR) is 81.5 cm³/mol. The molecule has 1 nitrogen and oxygen atoms in total. The van der Waals surface area contributed by atoms with E-state index in [2.05, 4.69) is 51.8 Å². The number of rotatable bonds is 1. The van der Waals surface area contributed by atoms with E-state index in [0.29, 0.717) is 5.41 Å².